The van der Waals surface area contributed by atoms with E-state index in [1.165, 1.54) is 18.3 Å². The molecule has 0 aliphatic heterocycles. The predicted octanol–water partition coefficient (Wildman–Crippen LogP) is 1.62. The lowest BCUT2D eigenvalue weighted by molar-refractivity contribution is -0.383. The van der Waals surface area contributed by atoms with Crippen molar-refractivity contribution in [3.63, 3.8) is 0 Å². The third-order valence-corrected chi connectivity index (χ3v) is 1.55. The summed E-state index contributed by atoms with van der Waals surface area (Å²) >= 11 is 0. The highest BCUT2D eigenvalue weighted by atomic mass is 16.6. The molecule has 14 heavy (non-hydrogen) atoms. The molecule has 4 N–H and O–H groups in total. The Morgan fingerprint density at radius 3 is 2.86 bits per heavy atom. The van der Waals surface area contributed by atoms with Gasteiger partial charge in [0.05, 0.1) is 11.2 Å². The van der Waals surface area contributed by atoms with Crippen molar-refractivity contribution in [1.29, 1.82) is 0 Å². The summed E-state index contributed by atoms with van der Waals surface area (Å²) in [5.74, 6) is 0. The third-order valence-electron chi connectivity index (χ3n) is 1.55. The van der Waals surface area contributed by atoms with Crippen molar-refractivity contribution >= 4 is 17.1 Å². The molecular weight excluding hydrogens is 186 g/mol. The Kier molecular flexibility index (Phi) is 2.90. The SMILES string of the molecule is Nc1ccc(NC=CO)cc1[N+](=O)[O-]. The summed E-state index contributed by atoms with van der Waals surface area (Å²) in [5, 5.41) is 21.5. The van der Waals surface area contributed by atoms with Crippen molar-refractivity contribution in [2.45, 2.75) is 0 Å². The molecule has 1 aromatic rings. The first-order valence-electron chi connectivity index (χ1n) is 3.75. The summed E-state index contributed by atoms with van der Waals surface area (Å²) in [6.07, 6.45) is 2.04. The molecule has 0 aliphatic rings. The average molecular weight is 195 g/mol. The van der Waals surface area contributed by atoms with Crippen molar-refractivity contribution < 1.29 is 10.0 Å². The minimum atomic E-state index is -0.566. The van der Waals surface area contributed by atoms with Gasteiger partial charge in [0.25, 0.3) is 5.69 Å². The minimum Gasteiger partial charge on any atom is -0.514 e. The van der Waals surface area contributed by atoms with Crippen molar-refractivity contribution in [3.05, 3.63) is 40.8 Å². The Bertz CT molecular complexity index is 376. The van der Waals surface area contributed by atoms with Crippen LogP contribution in [0.3, 0.4) is 0 Å². The highest BCUT2D eigenvalue weighted by molar-refractivity contribution is 5.65. The topological polar surface area (TPSA) is 101 Å². The fourth-order valence-electron chi connectivity index (χ4n) is 0.925. The molecular formula is C8H9N3O3. The summed E-state index contributed by atoms with van der Waals surface area (Å²) in [6, 6.07) is 4.28. The molecule has 0 saturated carbocycles. The molecule has 0 saturated heterocycles. The smallest absolute Gasteiger partial charge is 0.294 e. The fourth-order valence-corrected chi connectivity index (χ4v) is 0.925. The molecule has 1 aromatic carbocycles. The van der Waals surface area contributed by atoms with Crippen LogP contribution < -0.4 is 11.1 Å². The highest BCUT2D eigenvalue weighted by Gasteiger charge is 2.10. The molecule has 0 heterocycles. The molecule has 0 atom stereocenters. The van der Waals surface area contributed by atoms with Crippen molar-refractivity contribution in [1.82, 2.24) is 0 Å². The van der Waals surface area contributed by atoms with Gasteiger partial charge in [0.15, 0.2) is 0 Å². The van der Waals surface area contributed by atoms with Gasteiger partial charge in [-0.05, 0) is 12.1 Å². The van der Waals surface area contributed by atoms with Gasteiger partial charge in [-0.3, -0.25) is 10.1 Å². The summed E-state index contributed by atoms with van der Waals surface area (Å²) in [5.41, 5.74) is 5.80. The van der Waals surface area contributed by atoms with Gasteiger partial charge in [0.1, 0.15) is 5.69 Å². The van der Waals surface area contributed by atoms with E-state index in [9.17, 15) is 10.1 Å². The van der Waals surface area contributed by atoms with Crippen LogP contribution in [0, 0.1) is 10.1 Å². The van der Waals surface area contributed by atoms with E-state index < -0.39 is 4.92 Å². The zero-order valence-corrected chi connectivity index (χ0v) is 7.18. The van der Waals surface area contributed by atoms with Gasteiger partial charge in [-0.2, -0.15) is 0 Å². The zero-order valence-electron chi connectivity index (χ0n) is 7.18. The Balaban J connectivity index is 3.00. The van der Waals surface area contributed by atoms with E-state index in [4.69, 9.17) is 10.8 Å². The lowest BCUT2D eigenvalue weighted by Crippen LogP contribution is -1.97. The van der Waals surface area contributed by atoms with Crippen LogP contribution in [0.4, 0.5) is 17.1 Å². The van der Waals surface area contributed by atoms with E-state index in [1.807, 2.05) is 0 Å². The number of rotatable bonds is 3. The maximum absolute atomic E-state index is 10.5. The maximum atomic E-state index is 10.5. The number of nitrogens with two attached hydrogens (primary N) is 1. The molecule has 0 bridgehead atoms. The minimum absolute atomic E-state index is 0.105. The number of anilines is 2. The molecule has 0 unspecified atom stereocenters. The number of nitro groups is 1. The third kappa shape index (κ3) is 2.13. The van der Waals surface area contributed by atoms with E-state index in [-0.39, 0.29) is 11.4 Å². The number of benzene rings is 1. The molecule has 0 radical (unpaired) electrons. The number of hydrogen-bond acceptors (Lipinski definition) is 5. The Morgan fingerprint density at radius 2 is 2.29 bits per heavy atom. The molecule has 0 spiro atoms. The molecule has 0 amide bonds. The normalized spacial score (nSPS) is 10.3. The molecule has 0 fully saturated rings. The van der Waals surface area contributed by atoms with Gasteiger partial charge in [-0.1, -0.05) is 0 Å². The second kappa shape index (κ2) is 4.13. The van der Waals surface area contributed by atoms with Crippen LogP contribution in [0.2, 0.25) is 0 Å². The molecule has 1 rings (SSSR count). The maximum Gasteiger partial charge on any atom is 0.294 e. The Labute approximate surface area is 79.8 Å². The summed E-state index contributed by atoms with van der Waals surface area (Å²) in [7, 11) is 0. The van der Waals surface area contributed by atoms with Crippen molar-refractivity contribution in [3.8, 4) is 0 Å². The number of nitrogens with zero attached hydrogens (tertiary/aromatic N) is 1. The lowest BCUT2D eigenvalue weighted by Gasteiger charge is -2.01. The Hall–Kier alpha value is -2.24. The van der Waals surface area contributed by atoms with Gasteiger partial charge in [0.2, 0.25) is 0 Å². The van der Waals surface area contributed by atoms with Crippen molar-refractivity contribution in [2.75, 3.05) is 11.1 Å². The summed E-state index contributed by atoms with van der Waals surface area (Å²) in [6.45, 7) is 0. The van der Waals surface area contributed by atoms with Crippen molar-refractivity contribution in [2.24, 2.45) is 0 Å². The van der Waals surface area contributed by atoms with Crippen LogP contribution in [0.1, 0.15) is 0 Å². The van der Waals surface area contributed by atoms with E-state index in [2.05, 4.69) is 5.32 Å². The summed E-state index contributed by atoms with van der Waals surface area (Å²) in [4.78, 5) is 9.91. The van der Waals surface area contributed by atoms with E-state index in [0.717, 1.165) is 6.26 Å². The lowest BCUT2D eigenvalue weighted by atomic mass is 10.2. The highest BCUT2D eigenvalue weighted by Crippen LogP contribution is 2.24. The first-order valence-corrected chi connectivity index (χ1v) is 3.75. The number of hydrogen-bond donors (Lipinski definition) is 3. The van der Waals surface area contributed by atoms with Crippen LogP contribution in [-0.4, -0.2) is 10.0 Å². The first kappa shape index (κ1) is 9.85. The summed E-state index contributed by atoms with van der Waals surface area (Å²) < 4.78 is 0. The zero-order chi connectivity index (χ0) is 10.6. The van der Waals surface area contributed by atoms with Crippen LogP contribution in [-0.2, 0) is 0 Å². The fraction of sp³-hybridized carbons (Fsp3) is 0. The van der Waals surface area contributed by atoms with Crippen LogP contribution >= 0.6 is 0 Å². The number of nitrogens with one attached hydrogen (secondary N) is 1. The predicted molar refractivity (Wildman–Crippen MR) is 52.9 cm³/mol. The van der Waals surface area contributed by atoms with Gasteiger partial charge in [-0.15, -0.1) is 0 Å². The standard InChI is InChI=1S/C8H9N3O3/c9-7-2-1-6(10-3-4-12)5-8(7)11(13)14/h1-5,10,12H,9H2. The number of aliphatic hydroxyl groups is 1. The van der Waals surface area contributed by atoms with Crippen LogP contribution in [0.25, 0.3) is 0 Å². The van der Waals surface area contributed by atoms with E-state index >= 15 is 0 Å². The average Bonchev–Trinajstić information content (AvgIpc) is 2.16. The molecule has 0 aromatic heterocycles. The van der Waals surface area contributed by atoms with E-state index in [0.29, 0.717) is 5.69 Å². The molecule has 6 nitrogen and oxygen atoms in total. The second-order valence-electron chi connectivity index (χ2n) is 2.49. The quantitative estimate of drug-likeness (QED) is 0.294. The first-order chi connectivity index (χ1) is 6.65. The van der Waals surface area contributed by atoms with Gasteiger partial charge < -0.3 is 16.2 Å². The monoisotopic (exact) mass is 195 g/mol. The second-order valence-corrected chi connectivity index (χ2v) is 2.49. The van der Waals surface area contributed by atoms with Gasteiger partial charge >= 0.3 is 0 Å². The molecule has 6 heteroatoms. The van der Waals surface area contributed by atoms with Gasteiger partial charge in [0, 0.05) is 18.0 Å². The van der Waals surface area contributed by atoms with Crippen LogP contribution in [0.5, 0.6) is 0 Å². The van der Waals surface area contributed by atoms with E-state index in [1.54, 1.807) is 6.07 Å². The number of aliphatic hydroxyl groups excluding tert-OH is 1. The number of nitro benzene ring substituents is 1. The van der Waals surface area contributed by atoms with Gasteiger partial charge in [-0.25, -0.2) is 0 Å². The largest absolute Gasteiger partial charge is 0.514 e. The molecule has 74 valence electrons. The Morgan fingerprint density at radius 1 is 1.57 bits per heavy atom. The molecule has 0 aliphatic carbocycles. The number of nitrogen functional groups attached to an aromatic ring is 1. The van der Waals surface area contributed by atoms with Crippen LogP contribution in [0.15, 0.2) is 30.7 Å².